The second kappa shape index (κ2) is 5.44. The quantitative estimate of drug-likeness (QED) is 0.904. The van der Waals surface area contributed by atoms with Crippen molar-refractivity contribution in [3.8, 4) is 0 Å². The number of carbonyl (C=O) groups excluding carboxylic acids is 1. The van der Waals surface area contributed by atoms with Crippen molar-refractivity contribution in [3.05, 3.63) is 59.7 Å². The zero-order chi connectivity index (χ0) is 14.8. The molecule has 0 spiro atoms. The van der Waals surface area contributed by atoms with Crippen LogP contribution in [0.4, 0.5) is 5.69 Å². The molecule has 0 unspecified atom stereocenters. The highest BCUT2D eigenvalue weighted by Gasteiger charge is 2.15. The van der Waals surface area contributed by atoms with Crippen LogP contribution in [0.1, 0.15) is 15.9 Å². The lowest BCUT2D eigenvalue weighted by Gasteiger charge is -2.11. The summed E-state index contributed by atoms with van der Waals surface area (Å²) >= 11 is 0. The van der Waals surface area contributed by atoms with E-state index in [1.165, 1.54) is 12.1 Å². The zero-order valence-corrected chi connectivity index (χ0v) is 11.6. The van der Waals surface area contributed by atoms with E-state index in [1.807, 2.05) is 6.07 Å². The minimum atomic E-state index is -3.81. The Hall–Kier alpha value is -2.18. The molecule has 0 fully saturated rings. The van der Waals surface area contributed by atoms with E-state index in [0.717, 1.165) is 0 Å². The lowest BCUT2D eigenvalue weighted by Crippen LogP contribution is -2.17. The first-order chi connectivity index (χ1) is 9.39. The lowest BCUT2D eigenvalue weighted by molar-refractivity contribution is 0.102. The second-order valence-electron chi connectivity index (χ2n) is 4.29. The van der Waals surface area contributed by atoms with Gasteiger partial charge in [-0.05, 0) is 36.8 Å². The molecule has 0 radical (unpaired) electrons. The lowest BCUT2D eigenvalue weighted by atomic mass is 10.1. The van der Waals surface area contributed by atoms with Gasteiger partial charge >= 0.3 is 0 Å². The van der Waals surface area contributed by atoms with Gasteiger partial charge in [0.25, 0.3) is 5.91 Å². The number of hydrogen-bond acceptors (Lipinski definition) is 3. The molecule has 104 valence electrons. The van der Waals surface area contributed by atoms with Gasteiger partial charge in [0.1, 0.15) is 0 Å². The van der Waals surface area contributed by atoms with Crippen LogP contribution in [0, 0.1) is 6.92 Å². The molecular formula is C14H14N2O3S. The third-order valence-corrected chi connectivity index (χ3v) is 3.93. The van der Waals surface area contributed by atoms with Crippen LogP contribution in [0.5, 0.6) is 0 Å². The SMILES string of the molecule is Cc1c(NC(=O)c2ccccc2)cccc1S(N)(=O)=O. The van der Waals surface area contributed by atoms with Crippen molar-refractivity contribution in [1.29, 1.82) is 0 Å². The van der Waals surface area contributed by atoms with E-state index in [0.29, 0.717) is 16.8 Å². The van der Waals surface area contributed by atoms with Crippen molar-refractivity contribution in [2.45, 2.75) is 11.8 Å². The maximum atomic E-state index is 12.0. The first-order valence-electron chi connectivity index (χ1n) is 5.88. The fourth-order valence-corrected chi connectivity index (χ4v) is 2.65. The highest BCUT2D eigenvalue weighted by atomic mass is 32.2. The van der Waals surface area contributed by atoms with Gasteiger partial charge in [-0.2, -0.15) is 0 Å². The number of hydrogen-bond donors (Lipinski definition) is 2. The van der Waals surface area contributed by atoms with E-state index in [1.54, 1.807) is 37.3 Å². The Morgan fingerprint density at radius 2 is 1.70 bits per heavy atom. The molecule has 6 heteroatoms. The second-order valence-corrected chi connectivity index (χ2v) is 5.82. The van der Waals surface area contributed by atoms with Crippen molar-refractivity contribution >= 4 is 21.6 Å². The van der Waals surface area contributed by atoms with Gasteiger partial charge in [-0.3, -0.25) is 4.79 Å². The van der Waals surface area contributed by atoms with Crippen molar-refractivity contribution in [1.82, 2.24) is 0 Å². The first-order valence-corrected chi connectivity index (χ1v) is 7.43. The Bertz CT molecular complexity index is 740. The summed E-state index contributed by atoms with van der Waals surface area (Å²) in [5, 5.41) is 7.81. The molecule has 1 amide bonds. The van der Waals surface area contributed by atoms with Gasteiger partial charge in [-0.25, -0.2) is 13.6 Å². The van der Waals surface area contributed by atoms with Gasteiger partial charge in [0.15, 0.2) is 0 Å². The minimum Gasteiger partial charge on any atom is -0.322 e. The summed E-state index contributed by atoms with van der Waals surface area (Å²) in [6.45, 7) is 1.60. The average Bonchev–Trinajstić information content (AvgIpc) is 2.40. The standard InChI is InChI=1S/C14H14N2O3S/c1-10-12(8-5-9-13(10)20(15,18)19)16-14(17)11-6-3-2-4-7-11/h2-9H,1H3,(H,16,17)(H2,15,18,19). The Morgan fingerprint density at radius 1 is 1.05 bits per heavy atom. The molecule has 2 aromatic carbocycles. The number of anilines is 1. The summed E-state index contributed by atoms with van der Waals surface area (Å²) in [7, 11) is -3.81. The topological polar surface area (TPSA) is 89.3 Å². The van der Waals surface area contributed by atoms with Crippen LogP contribution < -0.4 is 10.5 Å². The van der Waals surface area contributed by atoms with E-state index in [9.17, 15) is 13.2 Å². The van der Waals surface area contributed by atoms with Gasteiger partial charge in [-0.1, -0.05) is 24.3 Å². The van der Waals surface area contributed by atoms with Gasteiger partial charge < -0.3 is 5.32 Å². The molecule has 0 aliphatic carbocycles. The third kappa shape index (κ3) is 3.04. The van der Waals surface area contributed by atoms with Gasteiger partial charge in [-0.15, -0.1) is 0 Å². The smallest absolute Gasteiger partial charge is 0.255 e. The highest BCUT2D eigenvalue weighted by molar-refractivity contribution is 7.89. The molecule has 0 atom stereocenters. The summed E-state index contributed by atoms with van der Waals surface area (Å²) in [4.78, 5) is 12.0. The predicted molar refractivity (Wildman–Crippen MR) is 76.9 cm³/mol. The molecule has 0 aliphatic heterocycles. The molecule has 5 nitrogen and oxygen atoms in total. The number of primary sulfonamides is 1. The molecule has 20 heavy (non-hydrogen) atoms. The Balaban J connectivity index is 2.34. The van der Waals surface area contributed by atoms with Gasteiger partial charge in [0, 0.05) is 11.3 Å². The molecular weight excluding hydrogens is 276 g/mol. The Kier molecular flexibility index (Phi) is 3.87. The van der Waals surface area contributed by atoms with Gasteiger partial charge in [0.05, 0.1) is 4.90 Å². The largest absolute Gasteiger partial charge is 0.322 e. The molecule has 0 bridgehead atoms. The number of nitrogens with two attached hydrogens (primary N) is 1. The Labute approximate surface area is 117 Å². The maximum absolute atomic E-state index is 12.0. The average molecular weight is 290 g/mol. The van der Waals surface area contributed by atoms with Crippen molar-refractivity contribution in [2.24, 2.45) is 5.14 Å². The summed E-state index contributed by atoms with van der Waals surface area (Å²) in [6, 6.07) is 13.2. The van der Waals surface area contributed by atoms with Crippen LogP contribution in [0.2, 0.25) is 0 Å². The predicted octanol–water partition coefficient (Wildman–Crippen LogP) is 1.89. The summed E-state index contributed by atoms with van der Waals surface area (Å²) in [5.41, 5.74) is 1.33. The fourth-order valence-electron chi connectivity index (χ4n) is 1.84. The molecule has 2 aromatic rings. The van der Waals surface area contributed by atoms with Crippen LogP contribution in [-0.4, -0.2) is 14.3 Å². The molecule has 0 aromatic heterocycles. The number of benzene rings is 2. The van der Waals surface area contributed by atoms with E-state index >= 15 is 0 Å². The molecule has 3 N–H and O–H groups in total. The number of rotatable bonds is 3. The van der Waals surface area contributed by atoms with Crippen molar-refractivity contribution in [2.75, 3.05) is 5.32 Å². The zero-order valence-electron chi connectivity index (χ0n) is 10.8. The summed E-state index contributed by atoms with van der Waals surface area (Å²) < 4.78 is 22.9. The first kappa shape index (κ1) is 14.2. The summed E-state index contributed by atoms with van der Waals surface area (Å²) in [6.07, 6.45) is 0. The van der Waals surface area contributed by atoms with Crippen molar-refractivity contribution in [3.63, 3.8) is 0 Å². The van der Waals surface area contributed by atoms with E-state index < -0.39 is 10.0 Å². The number of sulfonamides is 1. The fraction of sp³-hybridized carbons (Fsp3) is 0.0714. The molecule has 0 heterocycles. The van der Waals surface area contributed by atoms with Crippen molar-refractivity contribution < 1.29 is 13.2 Å². The number of amides is 1. The van der Waals surface area contributed by atoms with Crippen LogP contribution in [0.25, 0.3) is 0 Å². The normalized spacial score (nSPS) is 11.1. The molecule has 0 aliphatic rings. The van der Waals surface area contributed by atoms with E-state index in [2.05, 4.69) is 5.32 Å². The van der Waals surface area contributed by atoms with Crippen LogP contribution in [-0.2, 0) is 10.0 Å². The number of nitrogens with one attached hydrogen (secondary N) is 1. The summed E-state index contributed by atoms with van der Waals surface area (Å²) in [5.74, 6) is -0.305. The van der Waals surface area contributed by atoms with Crippen LogP contribution in [0.3, 0.4) is 0 Å². The van der Waals surface area contributed by atoms with E-state index in [-0.39, 0.29) is 10.8 Å². The number of carbonyl (C=O) groups is 1. The minimum absolute atomic E-state index is 0.00311. The third-order valence-electron chi connectivity index (χ3n) is 2.87. The van der Waals surface area contributed by atoms with Gasteiger partial charge in [0.2, 0.25) is 10.0 Å². The van der Waals surface area contributed by atoms with Crippen LogP contribution >= 0.6 is 0 Å². The maximum Gasteiger partial charge on any atom is 0.255 e. The molecule has 2 rings (SSSR count). The molecule has 0 saturated heterocycles. The molecule has 0 saturated carbocycles. The van der Waals surface area contributed by atoms with E-state index in [4.69, 9.17) is 5.14 Å². The van der Waals surface area contributed by atoms with Crippen LogP contribution in [0.15, 0.2) is 53.4 Å². The monoisotopic (exact) mass is 290 g/mol. The highest BCUT2D eigenvalue weighted by Crippen LogP contribution is 2.22. The Morgan fingerprint density at radius 3 is 2.30 bits per heavy atom.